The lowest BCUT2D eigenvalue weighted by molar-refractivity contribution is -0.132. The third-order valence-corrected chi connectivity index (χ3v) is 5.24. The van der Waals surface area contributed by atoms with Crippen molar-refractivity contribution in [1.82, 2.24) is 14.9 Å². The third kappa shape index (κ3) is 3.85. The van der Waals surface area contributed by atoms with Gasteiger partial charge in [0, 0.05) is 43.8 Å². The van der Waals surface area contributed by atoms with Crippen molar-refractivity contribution >= 4 is 11.7 Å². The van der Waals surface area contributed by atoms with Crippen molar-refractivity contribution in [2.24, 2.45) is 0 Å². The minimum atomic E-state index is -0.232. The second-order valence-corrected chi connectivity index (χ2v) is 7.14. The number of nitrogens with zero attached hydrogens (tertiary/aromatic N) is 3. The Hall–Kier alpha value is -2.47. The van der Waals surface area contributed by atoms with Crippen LogP contribution in [0.15, 0.2) is 48.8 Å². The molecule has 0 bridgehead atoms. The molecular weight excluding hydrogens is 328 g/mol. The molecule has 2 atom stereocenters. The third-order valence-electron chi connectivity index (χ3n) is 5.24. The van der Waals surface area contributed by atoms with Crippen LogP contribution < -0.4 is 5.32 Å². The molecule has 0 unspecified atom stereocenters. The molecule has 136 valence electrons. The van der Waals surface area contributed by atoms with Crippen molar-refractivity contribution < 1.29 is 9.53 Å². The van der Waals surface area contributed by atoms with Gasteiger partial charge in [0.25, 0.3) is 0 Å². The summed E-state index contributed by atoms with van der Waals surface area (Å²) >= 11 is 0. The van der Waals surface area contributed by atoms with Gasteiger partial charge >= 0.3 is 0 Å². The number of nitrogens with one attached hydrogen (secondary N) is 1. The fourth-order valence-corrected chi connectivity index (χ4v) is 3.92. The maximum atomic E-state index is 12.6. The molecule has 6 nitrogen and oxygen atoms in total. The van der Waals surface area contributed by atoms with Gasteiger partial charge in [0.15, 0.2) is 0 Å². The van der Waals surface area contributed by atoms with E-state index in [2.05, 4.69) is 15.3 Å². The Morgan fingerprint density at radius 3 is 2.85 bits per heavy atom. The van der Waals surface area contributed by atoms with E-state index in [1.165, 1.54) is 0 Å². The first-order valence-electron chi connectivity index (χ1n) is 9.22. The van der Waals surface area contributed by atoms with Gasteiger partial charge in [0.05, 0.1) is 12.0 Å². The average Bonchev–Trinajstić information content (AvgIpc) is 3.07. The number of rotatable bonds is 4. The largest absolute Gasteiger partial charge is 0.373 e. The van der Waals surface area contributed by atoms with E-state index in [-0.39, 0.29) is 11.5 Å². The molecule has 0 aromatic carbocycles. The van der Waals surface area contributed by atoms with Crippen LogP contribution in [0, 0.1) is 0 Å². The summed E-state index contributed by atoms with van der Waals surface area (Å²) in [6, 6.07) is 11.9. The second kappa shape index (κ2) is 7.41. The van der Waals surface area contributed by atoms with Gasteiger partial charge in [-0.1, -0.05) is 12.1 Å². The minimum absolute atomic E-state index is 0.129. The van der Waals surface area contributed by atoms with E-state index in [4.69, 9.17) is 4.74 Å². The quantitative estimate of drug-likeness (QED) is 0.914. The Bertz CT molecular complexity index is 740. The summed E-state index contributed by atoms with van der Waals surface area (Å²) < 4.78 is 6.16. The van der Waals surface area contributed by atoms with Crippen molar-refractivity contribution in [1.29, 1.82) is 0 Å². The van der Waals surface area contributed by atoms with Gasteiger partial charge in [-0.25, -0.2) is 4.98 Å². The molecule has 1 spiro atoms. The molecule has 0 radical (unpaired) electrons. The van der Waals surface area contributed by atoms with Crippen LogP contribution in [0.2, 0.25) is 0 Å². The number of amides is 1. The molecule has 2 aromatic heterocycles. The number of ether oxygens (including phenoxy) is 1. The standard InChI is InChI=1S/C20H24N4O2/c25-19(13-16-5-1-3-9-21-16)24-11-8-20(15-24)14-17(7-12-26-20)23-18-6-2-4-10-22-18/h1-6,9-10,17H,7-8,11-15H2,(H,22,23)/t17-,20-/m0/s1. The minimum Gasteiger partial charge on any atom is -0.373 e. The normalized spacial score (nSPS) is 25.4. The number of likely N-dealkylation sites (tertiary alicyclic amines) is 1. The molecule has 0 saturated carbocycles. The highest BCUT2D eigenvalue weighted by atomic mass is 16.5. The molecule has 2 saturated heterocycles. The summed E-state index contributed by atoms with van der Waals surface area (Å²) in [4.78, 5) is 23.2. The molecular formula is C20H24N4O2. The van der Waals surface area contributed by atoms with Gasteiger partial charge in [0.2, 0.25) is 5.91 Å². The van der Waals surface area contributed by atoms with Gasteiger partial charge in [-0.15, -0.1) is 0 Å². The summed E-state index contributed by atoms with van der Waals surface area (Å²) in [5, 5.41) is 3.51. The monoisotopic (exact) mass is 352 g/mol. The second-order valence-electron chi connectivity index (χ2n) is 7.14. The molecule has 1 N–H and O–H groups in total. The lowest BCUT2D eigenvalue weighted by Crippen LogP contribution is -2.47. The van der Waals surface area contributed by atoms with E-state index in [0.29, 0.717) is 25.6 Å². The fourth-order valence-electron chi connectivity index (χ4n) is 3.92. The van der Waals surface area contributed by atoms with Crippen molar-refractivity contribution in [3.63, 3.8) is 0 Å². The molecule has 0 aliphatic carbocycles. The molecule has 1 amide bonds. The highest BCUT2D eigenvalue weighted by Gasteiger charge is 2.44. The summed E-state index contributed by atoms with van der Waals surface area (Å²) in [6.07, 6.45) is 6.63. The maximum absolute atomic E-state index is 12.6. The molecule has 2 aromatic rings. The van der Waals surface area contributed by atoms with Crippen LogP contribution in [0.1, 0.15) is 25.0 Å². The summed E-state index contributed by atoms with van der Waals surface area (Å²) in [6.45, 7) is 2.13. The van der Waals surface area contributed by atoms with E-state index in [1.807, 2.05) is 41.3 Å². The lowest BCUT2D eigenvalue weighted by atomic mass is 9.89. The number of hydrogen-bond donors (Lipinski definition) is 1. The highest BCUT2D eigenvalue weighted by molar-refractivity contribution is 5.78. The Morgan fingerprint density at radius 2 is 2.08 bits per heavy atom. The van der Waals surface area contributed by atoms with Crippen molar-refractivity contribution in [3.8, 4) is 0 Å². The highest BCUT2D eigenvalue weighted by Crippen LogP contribution is 2.35. The molecule has 4 heterocycles. The first-order valence-corrected chi connectivity index (χ1v) is 9.22. The number of carbonyl (C=O) groups is 1. The predicted molar refractivity (Wildman–Crippen MR) is 98.7 cm³/mol. The Kier molecular flexibility index (Phi) is 4.84. The molecule has 6 heteroatoms. The topological polar surface area (TPSA) is 67.4 Å². The zero-order chi connectivity index (χ0) is 17.8. The van der Waals surface area contributed by atoms with Crippen LogP contribution in [0.5, 0.6) is 0 Å². The first-order chi connectivity index (χ1) is 12.7. The summed E-state index contributed by atoms with van der Waals surface area (Å²) in [7, 11) is 0. The van der Waals surface area contributed by atoms with Crippen molar-refractivity contribution in [2.45, 2.75) is 37.3 Å². The Balaban J connectivity index is 1.36. The maximum Gasteiger partial charge on any atom is 0.228 e. The Morgan fingerprint density at radius 1 is 1.23 bits per heavy atom. The van der Waals surface area contributed by atoms with Crippen LogP contribution in [-0.4, -0.2) is 52.1 Å². The molecule has 26 heavy (non-hydrogen) atoms. The van der Waals surface area contributed by atoms with Gasteiger partial charge in [-0.3, -0.25) is 9.78 Å². The molecule has 2 fully saturated rings. The van der Waals surface area contributed by atoms with E-state index in [1.54, 1.807) is 12.4 Å². The van der Waals surface area contributed by atoms with Crippen LogP contribution in [0.4, 0.5) is 5.82 Å². The van der Waals surface area contributed by atoms with Crippen LogP contribution in [0.25, 0.3) is 0 Å². The predicted octanol–water partition coefficient (Wildman–Crippen LogP) is 2.28. The van der Waals surface area contributed by atoms with Gasteiger partial charge in [-0.2, -0.15) is 0 Å². The smallest absolute Gasteiger partial charge is 0.228 e. The fraction of sp³-hybridized carbons (Fsp3) is 0.450. The van der Waals surface area contributed by atoms with E-state index >= 15 is 0 Å². The average molecular weight is 352 g/mol. The summed E-state index contributed by atoms with van der Waals surface area (Å²) in [5.41, 5.74) is 0.586. The van der Waals surface area contributed by atoms with E-state index in [9.17, 15) is 4.79 Å². The number of carbonyl (C=O) groups excluding carboxylic acids is 1. The van der Waals surface area contributed by atoms with Crippen molar-refractivity contribution in [2.75, 3.05) is 25.0 Å². The van der Waals surface area contributed by atoms with Gasteiger partial charge < -0.3 is 15.0 Å². The summed E-state index contributed by atoms with van der Waals surface area (Å²) in [5.74, 6) is 1.03. The van der Waals surface area contributed by atoms with Gasteiger partial charge in [-0.05, 0) is 43.5 Å². The number of pyridine rings is 2. The molecule has 2 aliphatic rings. The van der Waals surface area contributed by atoms with Crippen molar-refractivity contribution in [3.05, 3.63) is 54.5 Å². The van der Waals surface area contributed by atoms with E-state index < -0.39 is 0 Å². The van der Waals surface area contributed by atoms with Crippen LogP contribution >= 0.6 is 0 Å². The first kappa shape index (κ1) is 17.0. The van der Waals surface area contributed by atoms with Gasteiger partial charge in [0.1, 0.15) is 5.82 Å². The number of aromatic nitrogens is 2. The number of anilines is 1. The molecule has 2 aliphatic heterocycles. The van der Waals surface area contributed by atoms with Crippen LogP contribution in [-0.2, 0) is 16.0 Å². The van der Waals surface area contributed by atoms with E-state index in [0.717, 1.165) is 37.3 Å². The zero-order valence-corrected chi connectivity index (χ0v) is 14.8. The number of hydrogen-bond acceptors (Lipinski definition) is 5. The SMILES string of the molecule is O=C(Cc1ccccn1)N1CC[C@]2(C[C@@H](Nc3ccccn3)CCO2)C1. The molecule has 4 rings (SSSR count). The zero-order valence-electron chi connectivity index (χ0n) is 14.8. The lowest BCUT2D eigenvalue weighted by Gasteiger charge is -2.38. The van der Waals surface area contributed by atoms with Crippen LogP contribution in [0.3, 0.4) is 0 Å². The Labute approximate surface area is 153 Å².